The maximum absolute atomic E-state index is 11.7. The number of carbonyl (C=O) groups excluding carboxylic acids is 1. The van der Waals surface area contributed by atoms with Gasteiger partial charge >= 0.3 is 0 Å². The van der Waals surface area contributed by atoms with Crippen LogP contribution in [0.4, 0.5) is 0 Å². The molecule has 7 nitrogen and oxygen atoms in total. The van der Waals surface area contributed by atoms with Crippen molar-refractivity contribution in [2.24, 2.45) is 5.92 Å². The van der Waals surface area contributed by atoms with Crippen LogP contribution in [0.2, 0.25) is 0 Å². The Bertz CT molecular complexity index is 890. The Hall–Kier alpha value is -2.41. The summed E-state index contributed by atoms with van der Waals surface area (Å²) in [6.45, 7) is 13.8. The molecular formula is C23H35N5O2. The molecule has 1 aliphatic rings. The molecule has 2 aromatic rings. The maximum atomic E-state index is 11.7. The predicted octanol–water partition coefficient (Wildman–Crippen LogP) is 3.19. The molecule has 1 N–H and O–H groups in total. The Kier molecular flexibility index (Phi) is 7.13. The average molecular weight is 414 g/mol. The van der Waals surface area contributed by atoms with Crippen LogP contribution < -0.4 is 10.1 Å². The maximum Gasteiger partial charge on any atom is 0.217 e. The van der Waals surface area contributed by atoms with Crippen molar-refractivity contribution in [3.63, 3.8) is 0 Å². The van der Waals surface area contributed by atoms with Gasteiger partial charge in [-0.3, -0.25) is 9.69 Å². The molecule has 1 atom stereocenters. The molecule has 1 aromatic carbocycles. The molecule has 0 aliphatic carbocycles. The van der Waals surface area contributed by atoms with E-state index in [4.69, 9.17) is 4.74 Å². The van der Waals surface area contributed by atoms with Gasteiger partial charge in [-0.25, -0.2) is 0 Å². The second kappa shape index (κ2) is 9.60. The number of aromatic nitrogens is 3. The van der Waals surface area contributed by atoms with Crippen molar-refractivity contribution in [2.75, 3.05) is 20.2 Å². The van der Waals surface area contributed by atoms with Crippen LogP contribution in [0, 0.1) is 19.8 Å². The van der Waals surface area contributed by atoms with Crippen molar-refractivity contribution in [3.05, 3.63) is 40.5 Å². The van der Waals surface area contributed by atoms with Crippen molar-refractivity contribution in [3.8, 4) is 5.75 Å². The molecule has 1 amide bonds. The third-order valence-corrected chi connectivity index (χ3v) is 6.01. The van der Waals surface area contributed by atoms with Crippen LogP contribution in [0.15, 0.2) is 12.1 Å². The van der Waals surface area contributed by atoms with Gasteiger partial charge in [0.05, 0.1) is 13.2 Å². The highest BCUT2D eigenvalue weighted by molar-refractivity contribution is 5.73. The van der Waals surface area contributed by atoms with Crippen molar-refractivity contribution in [2.45, 2.75) is 66.6 Å². The van der Waals surface area contributed by atoms with Gasteiger partial charge in [0, 0.05) is 39.5 Å². The minimum Gasteiger partial charge on any atom is -0.496 e. The van der Waals surface area contributed by atoms with Crippen molar-refractivity contribution in [1.82, 2.24) is 25.0 Å². The van der Waals surface area contributed by atoms with Gasteiger partial charge in [0.15, 0.2) is 5.82 Å². The standard InChI is InChI=1S/C23H35N5O2/c1-15(2)13-20(24-18(5)29)23-26-25-22-9-10-27(11-12-28(22)23)14-19-7-8-21(30-6)17(4)16(19)3/h7-8,15,20H,9-14H2,1-6H3,(H,24,29)/t20-/m1/s1. The number of rotatable bonds is 7. The van der Waals surface area contributed by atoms with Gasteiger partial charge in [-0.15, -0.1) is 10.2 Å². The summed E-state index contributed by atoms with van der Waals surface area (Å²) in [6.07, 6.45) is 1.71. The lowest BCUT2D eigenvalue weighted by atomic mass is 10.0. The molecule has 0 radical (unpaired) electrons. The Labute approximate surface area is 179 Å². The highest BCUT2D eigenvalue weighted by Crippen LogP contribution is 2.26. The lowest BCUT2D eigenvalue weighted by Crippen LogP contribution is -2.31. The highest BCUT2D eigenvalue weighted by Gasteiger charge is 2.25. The molecular weight excluding hydrogens is 378 g/mol. The van der Waals surface area contributed by atoms with Crippen LogP contribution in [0.3, 0.4) is 0 Å². The Morgan fingerprint density at radius 1 is 1.17 bits per heavy atom. The van der Waals surface area contributed by atoms with E-state index in [1.165, 1.54) is 16.7 Å². The zero-order valence-electron chi connectivity index (χ0n) is 19.2. The molecule has 0 fully saturated rings. The minimum absolute atomic E-state index is 0.0291. The number of ether oxygens (including phenoxy) is 1. The number of benzene rings is 1. The normalized spacial score (nSPS) is 15.6. The van der Waals surface area contributed by atoms with Crippen LogP contribution in [0.25, 0.3) is 0 Å². The van der Waals surface area contributed by atoms with Crippen LogP contribution in [-0.2, 0) is 24.3 Å². The van der Waals surface area contributed by atoms with Gasteiger partial charge in [0.25, 0.3) is 0 Å². The molecule has 164 valence electrons. The molecule has 30 heavy (non-hydrogen) atoms. The summed E-state index contributed by atoms with van der Waals surface area (Å²) >= 11 is 0. The van der Waals surface area contributed by atoms with Gasteiger partial charge in [0.1, 0.15) is 11.6 Å². The van der Waals surface area contributed by atoms with Crippen molar-refractivity contribution < 1.29 is 9.53 Å². The first-order valence-corrected chi connectivity index (χ1v) is 10.8. The first kappa shape index (κ1) is 22.3. The molecule has 3 rings (SSSR count). The third kappa shape index (κ3) is 5.01. The number of fused-ring (bicyclic) bond motifs is 1. The summed E-state index contributed by atoms with van der Waals surface area (Å²) < 4.78 is 7.67. The third-order valence-electron chi connectivity index (χ3n) is 6.01. The van der Waals surface area contributed by atoms with E-state index in [1.807, 2.05) is 0 Å². The largest absolute Gasteiger partial charge is 0.496 e. The number of hydrogen-bond acceptors (Lipinski definition) is 5. The topological polar surface area (TPSA) is 72.3 Å². The lowest BCUT2D eigenvalue weighted by Gasteiger charge is -2.23. The molecule has 0 saturated carbocycles. The number of hydrogen-bond donors (Lipinski definition) is 1. The van der Waals surface area contributed by atoms with E-state index < -0.39 is 0 Å². The summed E-state index contributed by atoms with van der Waals surface area (Å²) in [5, 5.41) is 12.0. The van der Waals surface area contributed by atoms with E-state index in [1.54, 1.807) is 14.0 Å². The second-order valence-corrected chi connectivity index (χ2v) is 8.71. The Morgan fingerprint density at radius 3 is 2.60 bits per heavy atom. The SMILES string of the molecule is COc1ccc(CN2CCc3nnc([C@@H](CC(C)C)NC(C)=O)n3CC2)c(C)c1C. The number of methoxy groups -OCH3 is 1. The van der Waals surface area contributed by atoms with E-state index in [9.17, 15) is 4.79 Å². The summed E-state index contributed by atoms with van der Waals surface area (Å²) in [5.41, 5.74) is 3.83. The number of amides is 1. The summed E-state index contributed by atoms with van der Waals surface area (Å²) in [5.74, 6) is 3.26. The monoisotopic (exact) mass is 413 g/mol. The van der Waals surface area contributed by atoms with Crippen LogP contribution in [0.5, 0.6) is 5.75 Å². The summed E-state index contributed by atoms with van der Waals surface area (Å²) in [6, 6.07) is 4.14. The van der Waals surface area contributed by atoms with Crippen LogP contribution in [0.1, 0.15) is 61.6 Å². The Morgan fingerprint density at radius 2 is 1.93 bits per heavy atom. The minimum atomic E-state index is -0.0956. The number of carbonyl (C=O) groups is 1. The zero-order valence-corrected chi connectivity index (χ0v) is 19.2. The fourth-order valence-corrected chi connectivity index (χ4v) is 4.24. The van der Waals surface area contributed by atoms with Crippen LogP contribution in [-0.4, -0.2) is 45.8 Å². The second-order valence-electron chi connectivity index (χ2n) is 8.71. The quantitative estimate of drug-likeness (QED) is 0.755. The van der Waals surface area contributed by atoms with E-state index in [0.29, 0.717) is 5.92 Å². The van der Waals surface area contributed by atoms with E-state index in [0.717, 1.165) is 56.4 Å². The predicted molar refractivity (Wildman–Crippen MR) is 117 cm³/mol. The highest BCUT2D eigenvalue weighted by atomic mass is 16.5. The first-order valence-electron chi connectivity index (χ1n) is 10.8. The molecule has 2 heterocycles. The molecule has 0 unspecified atom stereocenters. The fourth-order valence-electron chi connectivity index (χ4n) is 4.24. The number of nitrogens with one attached hydrogen (secondary N) is 1. The Balaban J connectivity index is 1.75. The fraction of sp³-hybridized carbons (Fsp3) is 0.609. The molecule has 1 aliphatic heterocycles. The average Bonchev–Trinajstić information content (AvgIpc) is 2.99. The smallest absolute Gasteiger partial charge is 0.217 e. The first-order chi connectivity index (χ1) is 14.3. The molecule has 0 bridgehead atoms. The molecule has 7 heteroatoms. The summed E-state index contributed by atoms with van der Waals surface area (Å²) in [4.78, 5) is 14.2. The van der Waals surface area contributed by atoms with E-state index in [-0.39, 0.29) is 11.9 Å². The molecule has 0 spiro atoms. The zero-order chi connectivity index (χ0) is 21.8. The van der Waals surface area contributed by atoms with Gasteiger partial charge in [-0.2, -0.15) is 0 Å². The van der Waals surface area contributed by atoms with E-state index >= 15 is 0 Å². The van der Waals surface area contributed by atoms with Gasteiger partial charge in [-0.05, 0) is 48.9 Å². The van der Waals surface area contributed by atoms with E-state index in [2.05, 4.69) is 64.8 Å². The van der Waals surface area contributed by atoms with Crippen molar-refractivity contribution >= 4 is 5.91 Å². The summed E-state index contributed by atoms with van der Waals surface area (Å²) in [7, 11) is 1.72. The van der Waals surface area contributed by atoms with Crippen molar-refractivity contribution in [1.29, 1.82) is 0 Å². The van der Waals surface area contributed by atoms with Crippen LogP contribution >= 0.6 is 0 Å². The lowest BCUT2D eigenvalue weighted by molar-refractivity contribution is -0.119. The van der Waals surface area contributed by atoms with Gasteiger partial charge in [0.2, 0.25) is 5.91 Å². The molecule has 0 saturated heterocycles. The van der Waals surface area contributed by atoms with Gasteiger partial charge in [-0.1, -0.05) is 19.9 Å². The van der Waals surface area contributed by atoms with Gasteiger partial charge < -0.3 is 14.6 Å². The molecule has 1 aromatic heterocycles. The number of nitrogens with zero attached hydrogens (tertiary/aromatic N) is 4.